The first-order valence-corrected chi connectivity index (χ1v) is 8.01. The Labute approximate surface area is 134 Å². The molecule has 3 aromatic rings. The number of amides is 2. The van der Waals surface area contributed by atoms with Crippen LogP contribution in [-0.2, 0) is 0 Å². The van der Waals surface area contributed by atoms with Gasteiger partial charge in [0.2, 0.25) is 0 Å². The van der Waals surface area contributed by atoms with Crippen LogP contribution in [-0.4, -0.2) is 34.0 Å². The molecule has 1 aromatic carbocycles. The Morgan fingerprint density at radius 3 is 2.57 bits per heavy atom. The molecule has 1 aliphatic heterocycles. The molecule has 2 amide bonds. The van der Waals surface area contributed by atoms with Crippen molar-refractivity contribution < 1.29 is 4.79 Å². The van der Waals surface area contributed by atoms with Crippen molar-refractivity contribution in [3.05, 3.63) is 42.7 Å². The number of anilines is 1. The third-order valence-electron chi connectivity index (χ3n) is 4.35. The molecule has 0 bridgehead atoms. The van der Waals surface area contributed by atoms with E-state index >= 15 is 0 Å². The number of urea groups is 1. The fourth-order valence-corrected chi connectivity index (χ4v) is 3.17. The average Bonchev–Trinajstić information content (AvgIpc) is 2.62. The minimum atomic E-state index is -0.0295. The Hall–Kier alpha value is -2.69. The van der Waals surface area contributed by atoms with Gasteiger partial charge in [0.1, 0.15) is 0 Å². The van der Waals surface area contributed by atoms with E-state index in [0.29, 0.717) is 0 Å². The summed E-state index contributed by atoms with van der Waals surface area (Å²) in [5, 5.41) is 4.97. The Bertz CT molecular complexity index is 871. The van der Waals surface area contributed by atoms with Gasteiger partial charge in [0, 0.05) is 36.3 Å². The number of carbonyl (C=O) groups is 1. The van der Waals surface area contributed by atoms with Gasteiger partial charge in [-0.1, -0.05) is 6.07 Å². The molecule has 1 N–H and O–H groups in total. The van der Waals surface area contributed by atoms with Crippen LogP contribution in [0.3, 0.4) is 0 Å². The van der Waals surface area contributed by atoms with E-state index < -0.39 is 0 Å². The van der Waals surface area contributed by atoms with E-state index in [1.54, 1.807) is 12.4 Å². The fourth-order valence-electron chi connectivity index (χ4n) is 3.17. The number of benzene rings is 1. The van der Waals surface area contributed by atoms with E-state index in [9.17, 15) is 4.79 Å². The van der Waals surface area contributed by atoms with Crippen LogP contribution < -0.4 is 5.32 Å². The van der Waals surface area contributed by atoms with Gasteiger partial charge in [-0.05, 0) is 43.5 Å². The van der Waals surface area contributed by atoms with E-state index in [-0.39, 0.29) is 6.03 Å². The first kappa shape index (κ1) is 13.9. The first-order chi connectivity index (χ1) is 11.3. The van der Waals surface area contributed by atoms with Crippen molar-refractivity contribution in [1.29, 1.82) is 0 Å². The molecule has 5 heteroatoms. The molecule has 0 unspecified atom stereocenters. The Morgan fingerprint density at radius 2 is 1.74 bits per heavy atom. The predicted octanol–water partition coefficient (Wildman–Crippen LogP) is 3.80. The zero-order valence-corrected chi connectivity index (χ0v) is 12.8. The predicted molar refractivity (Wildman–Crippen MR) is 91.5 cm³/mol. The number of aromatic nitrogens is 2. The van der Waals surface area contributed by atoms with E-state index in [4.69, 9.17) is 0 Å². The summed E-state index contributed by atoms with van der Waals surface area (Å²) in [6.45, 7) is 1.66. The maximum atomic E-state index is 12.5. The maximum Gasteiger partial charge on any atom is 0.321 e. The highest BCUT2D eigenvalue weighted by Crippen LogP contribution is 2.29. The molecule has 0 saturated carbocycles. The fraction of sp³-hybridized carbons (Fsp3) is 0.278. The van der Waals surface area contributed by atoms with Gasteiger partial charge in [0.05, 0.1) is 16.7 Å². The number of nitrogens with one attached hydrogen (secondary N) is 1. The largest absolute Gasteiger partial charge is 0.325 e. The van der Waals surface area contributed by atoms with Crippen molar-refractivity contribution in [1.82, 2.24) is 14.9 Å². The number of hydrogen-bond donors (Lipinski definition) is 1. The summed E-state index contributed by atoms with van der Waals surface area (Å²) in [4.78, 5) is 23.3. The molecular formula is C18H18N4O. The number of rotatable bonds is 1. The average molecular weight is 306 g/mol. The van der Waals surface area contributed by atoms with Crippen molar-refractivity contribution in [2.75, 3.05) is 18.4 Å². The van der Waals surface area contributed by atoms with Crippen LogP contribution >= 0.6 is 0 Å². The van der Waals surface area contributed by atoms with E-state index in [1.807, 2.05) is 35.2 Å². The molecule has 0 atom stereocenters. The van der Waals surface area contributed by atoms with Gasteiger partial charge in [-0.15, -0.1) is 0 Å². The van der Waals surface area contributed by atoms with Gasteiger partial charge in [-0.2, -0.15) is 0 Å². The van der Waals surface area contributed by atoms with Crippen molar-refractivity contribution in [3.63, 3.8) is 0 Å². The third-order valence-corrected chi connectivity index (χ3v) is 4.35. The monoisotopic (exact) mass is 306 g/mol. The number of pyridine rings is 2. The summed E-state index contributed by atoms with van der Waals surface area (Å²) < 4.78 is 0. The highest BCUT2D eigenvalue weighted by molar-refractivity contribution is 6.11. The molecule has 4 rings (SSSR count). The van der Waals surface area contributed by atoms with Crippen LogP contribution in [0.25, 0.3) is 21.8 Å². The standard InChI is InChI=1S/C18H18N4O/c23-18(22-10-2-1-3-11-22)21-15-12-13-6-4-8-19-16(13)17-14(15)7-5-9-20-17/h4-9,12H,1-3,10-11H2,(H,21,23). The van der Waals surface area contributed by atoms with Crippen LogP contribution in [0.2, 0.25) is 0 Å². The number of fused-ring (bicyclic) bond motifs is 3. The van der Waals surface area contributed by atoms with Gasteiger partial charge in [-0.25, -0.2) is 4.79 Å². The Kier molecular flexibility index (Phi) is 3.54. The van der Waals surface area contributed by atoms with Crippen LogP contribution in [0.5, 0.6) is 0 Å². The Morgan fingerprint density at radius 1 is 1.00 bits per heavy atom. The van der Waals surface area contributed by atoms with E-state index in [2.05, 4.69) is 15.3 Å². The van der Waals surface area contributed by atoms with Crippen LogP contribution in [0.1, 0.15) is 19.3 Å². The molecule has 2 aromatic heterocycles. The smallest absolute Gasteiger partial charge is 0.321 e. The maximum absolute atomic E-state index is 12.5. The topological polar surface area (TPSA) is 58.1 Å². The summed E-state index contributed by atoms with van der Waals surface area (Å²) in [7, 11) is 0. The van der Waals surface area contributed by atoms with Gasteiger partial charge in [-0.3, -0.25) is 9.97 Å². The van der Waals surface area contributed by atoms with E-state index in [1.165, 1.54) is 6.42 Å². The summed E-state index contributed by atoms with van der Waals surface area (Å²) >= 11 is 0. The first-order valence-electron chi connectivity index (χ1n) is 8.01. The third kappa shape index (κ3) is 2.59. The molecule has 0 aliphatic carbocycles. The summed E-state index contributed by atoms with van der Waals surface area (Å²) in [5.74, 6) is 0. The molecule has 1 fully saturated rings. The minimum Gasteiger partial charge on any atom is -0.325 e. The normalized spacial score (nSPS) is 15.0. The highest BCUT2D eigenvalue weighted by atomic mass is 16.2. The van der Waals surface area contributed by atoms with Gasteiger partial charge >= 0.3 is 6.03 Å². The van der Waals surface area contributed by atoms with Crippen LogP contribution in [0.15, 0.2) is 42.7 Å². The summed E-state index contributed by atoms with van der Waals surface area (Å²) in [6.07, 6.45) is 6.89. The lowest BCUT2D eigenvalue weighted by Crippen LogP contribution is -2.38. The number of carbonyl (C=O) groups excluding carboxylic acids is 1. The van der Waals surface area contributed by atoms with E-state index in [0.717, 1.165) is 53.4 Å². The second-order valence-electron chi connectivity index (χ2n) is 5.88. The van der Waals surface area contributed by atoms with Gasteiger partial charge < -0.3 is 10.2 Å². The molecule has 0 radical (unpaired) electrons. The van der Waals surface area contributed by atoms with Crippen molar-refractivity contribution in [3.8, 4) is 0 Å². The zero-order valence-electron chi connectivity index (χ0n) is 12.8. The number of hydrogen-bond acceptors (Lipinski definition) is 3. The number of piperidine rings is 1. The number of nitrogens with zero attached hydrogens (tertiary/aromatic N) is 3. The second kappa shape index (κ2) is 5.83. The molecule has 3 heterocycles. The number of likely N-dealkylation sites (tertiary alicyclic amines) is 1. The summed E-state index contributed by atoms with van der Waals surface area (Å²) in [6, 6.07) is 9.70. The lowest BCUT2D eigenvalue weighted by molar-refractivity contribution is 0.200. The van der Waals surface area contributed by atoms with Crippen LogP contribution in [0, 0.1) is 0 Å². The molecule has 1 saturated heterocycles. The SMILES string of the molecule is O=C(Nc1cc2cccnc2c2ncccc12)N1CCCCC1. The van der Waals surface area contributed by atoms with Crippen LogP contribution in [0.4, 0.5) is 10.5 Å². The zero-order chi connectivity index (χ0) is 15.6. The molecule has 23 heavy (non-hydrogen) atoms. The van der Waals surface area contributed by atoms with Crippen molar-refractivity contribution in [2.45, 2.75) is 19.3 Å². The second-order valence-corrected chi connectivity index (χ2v) is 5.88. The highest BCUT2D eigenvalue weighted by Gasteiger charge is 2.18. The van der Waals surface area contributed by atoms with Gasteiger partial charge in [0.15, 0.2) is 0 Å². The Balaban J connectivity index is 1.77. The molecule has 0 spiro atoms. The molecular weight excluding hydrogens is 288 g/mol. The van der Waals surface area contributed by atoms with Crippen molar-refractivity contribution >= 4 is 33.5 Å². The summed E-state index contributed by atoms with van der Waals surface area (Å²) in [5.41, 5.74) is 2.47. The minimum absolute atomic E-state index is 0.0295. The molecule has 116 valence electrons. The quantitative estimate of drug-likeness (QED) is 0.696. The lowest BCUT2D eigenvalue weighted by atomic mass is 10.1. The lowest BCUT2D eigenvalue weighted by Gasteiger charge is -2.27. The van der Waals surface area contributed by atoms with Gasteiger partial charge in [0.25, 0.3) is 0 Å². The molecule has 5 nitrogen and oxygen atoms in total. The molecule has 1 aliphatic rings. The van der Waals surface area contributed by atoms with Crippen molar-refractivity contribution in [2.24, 2.45) is 0 Å².